The molecule has 2 aromatic rings. The third-order valence-electron chi connectivity index (χ3n) is 2.11. The molecule has 2 heterocycles. The van der Waals surface area contributed by atoms with Gasteiger partial charge in [-0.15, -0.1) is 0 Å². The van der Waals surface area contributed by atoms with Crippen LogP contribution in [0.1, 0.15) is 17.3 Å². The van der Waals surface area contributed by atoms with Crippen LogP contribution in [0.5, 0.6) is 0 Å². The van der Waals surface area contributed by atoms with Gasteiger partial charge in [0.1, 0.15) is 5.76 Å². The molecule has 0 bridgehead atoms. The summed E-state index contributed by atoms with van der Waals surface area (Å²) in [5.74, 6) is 0.878. The number of nitrogens with zero attached hydrogens (tertiary/aromatic N) is 1. The summed E-state index contributed by atoms with van der Waals surface area (Å²) in [5.41, 5.74) is 0.320. The zero-order valence-corrected chi connectivity index (χ0v) is 11.3. The van der Waals surface area contributed by atoms with E-state index in [-0.39, 0.29) is 16.6 Å². The highest BCUT2D eigenvalue weighted by Crippen LogP contribution is 2.15. The van der Waals surface area contributed by atoms with Crippen molar-refractivity contribution in [3.8, 4) is 0 Å². The van der Waals surface area contributed by atoms with Gasteiger partial charge in [0.2, 0.25) is 5.89 Å². The van der Waals surface area contributed by atoms with Crippen molar-refractivity contribution in [1.82, 2.24) is 14.7 Å². The SMILES string of the molecule is Cc1cnc(CNS(=O)(=O)c2sc(=O)[nH]c2C)o1. The Labute approximate surface area is 107 Å². The van der Waals surface area contributed by atoms with Gasteiger partial charge in [-0.05, 0) is 13.8 Å². The molecule has 0 spiro atoms. The molecule has 2 N–H and O–H groups in total. The van der Waals surface area contributed by atoms with Gasteiger partial charge in [0.25, 0.3) is 10.0 Å². The topological polar surface area (TPSA) is 105 Å². The van der Waals surface area contributed by atoms with E-state index < -0.39 is 14.9 Å². The standard InChI is InChI=1S/C9H11N3O4S2/c1-5-3-10-7(16-5)4-11-18(14,15)8-6(2)12-9(13)17-8/h3,11H,4H2,1-2H3,(H,12,13). The van der Waals surface area contributed by atoms with Crippen molar-refractivity contribution in [1.29, 1.82) is 0 Å². The zero-order chi connectivity index (χ0) is 13.3. The molecule has 18 heavy (non-hydrogen) atoms. The second kappa shape index (κ2) is 4.67. The second-order valence-corrected chi connectivity index (χ2v) is 6.56. The third-order valence-corrected chi connectivity index (χ3v) is 5.11. The van der Waals surface area contributed by atoms with Gasteiger partial charge < -0.3 is 9.40 Å². The van der Waals surface area contributed by atoms with Gasteiger partial charge in [-0.25, -0.2) is 18.1 Å². The Morgan fingerprint density at radius 3 is 2.72 bits per heavy atom. The first-order valence-corrected chi connectivity index (χ1v) is 7.29. The van der Waals surface area contributed by atoms with Crippen molar-refractivity contribution >= 4 is 21.4 Å². The summed E-state index contributed by atoms with van der Waals surface area (Å²) in [6.07, 6.45) is 1.50. The van der Waals surface area contributed by atoms with Crippen LogP contribution < -0.4 is 9.60 Å². The highest BCUT2D eigenvalue weighted by Gasteiger charge is 2.20. The van der Waals surface area contributed by atoms with Crippen molar-refractivity contribution in [2.24, 2.45) is 0 Å². The lowest BCUT2D eigenvalue weighted by molar-refractivity contribution is 0.463. The number of aromatic amines is 1. The molecule has 0 aromatic carbocycles. The summed E-state index contributed by atoms with van der Waals surface area (Å²) in [6.45, 7) is 3.19. The summed E-state index contributed by atoms with van der Waals surface area (Å²) in [4.78, 5) is 17.0. The van der Waals surface area contributed by atoms with E-state index in [0.29, 0.717) is 22.8 Å². The highest BCUT2D eigenvalue weighted by molar-refractivity contribution is 7.91. The zero-order valence-electron chi connectivity index (χ0n) is 9.68. The maximum absolute atomic E-state index is 11.9. The van der Waals surface area contributed by atoms with E-state index in [0.717, 1.165) is 0 Å². The minimum Gasteiger partial charge on any atom is -0.445 e. The van der Waals surface area contributed by atoms with E-state index in [1.807, 2.05) is 0 Å². The van der Waals surface area contributed by atoms with Crippen LogP contribution in [-0.2, 0) is 16.6 Å². The van der Waals surface area contributed by atoms with Crippen LogP contribution in [0.3, 0.4) is 0 Å². The number of nitrogens with one attached hydrogen (secondary N) is 2. The normalized spacial score (nSPS) is 11.9. The maximum atomic E-state index is 11.9. The summed E-state index contributed by atoms with van der Waals surface area (Å²) >= 11 is 0.649. The average Bonchev–Trinajstić information content (AvgIpc) is 2.82. The van der Waals surface area contributed by atoms with Crippen LogP contribution in [-0.4, -0.2) is 18.4 Å². The number of oxazole rings is 1. The fourth-order valence-electron chi connectivity index (χ4n) is 1.35. The third kappa shape index (κ3) is 2.68. The van der Waals surface area contributed by atoms with Gasteiger partial charge in [-0.3, -0.25) is 4.79 Å². The molecule has 0 saturated heterocycles. The number of aromatic nitrogens is 2. The predicted octanol–water partition coefficient (Wildman–Crippen LogP) is 0.520. The van der Waals surface area contributed by atoms with Crippen LogP contribution in [0.4, 0.5) is 0 Å². The van der Waals surface area contributed by atoms with E-state index in [9.17, 15) is 13.2 Å². The van der Waals surface area contributed by atoms with Crippen molar-refractivity contribution in [2.45, 2.75) is 24.6 Å². The minimum absolute atomic E-state index is 0.0178. The predicted molar refractivity (Wildman–Crippen MR) is 64.9 cm³/mol. The summed E-state index contributed by atoms with van der Waals surface area (Å²) < 4.78 is 31.3. The Kier molecular flexibility index (Phi) is 3.37. The molecule has 98 valence electrons. The quantitative estimate of drug-likeness (QED) is 0.853. The molecule has 0 radical (unpaired) electrons. The number of H-pyrrole nitrogens is 1. The summed E-state index contributed by atoms with van der Waals surface area (Å²) in [6, 6.07) is 0. The van der Waals surface area contributed by atoms with E-state index in [1.165, 1.54) is 13.1 Å². The summed E-state index contributed by atoms with van der Waals surface area (Å²) in [5, 5.41) is 0. The number of hydrogen-bond donors (Lipinski definition) is 2. The lowest BCUT2D eigenvalue weighted by Crippen LogP contribution is -2.23. The summed E-state index contributed by atoms with van der Waals surface area (Å²) in [7, 11) is -3.72. The van der Waals surface area contributed by atoms with Gasteiger partial charge in [0.05, 0.1) is 12.7 Å². The Bertz CT molecular complexity index is 710. The molecule has 0 fully saturated rings. The molecule has 0 saturated carbocycles. The smallest absolute Gasteiger partial charge is 0.305 e. The molecule has 0 aliphatic carbocycles. The molecule has 0 aliphatic heterocycles. The van der Waals surface area contributed by atoms with E-state index in [2.05, 4.69) is 14.7 Å². The van der Waals surface area contributed by atoms with Gasteiger partial charge in [0, 0.05) is 5.69 Å². The first-order chi connectivity index (χ1) is 8.38. The van der Waals surface area contributed by atoms with Gasteiger partial charge in [0.15, 0.2) is 4.21 Å². The Morgan fingerprint density at radius 2 is 2.22 bits per heavy atom. The van der Waals surface area contributed by atoms with Crippen LogP contribution in [0.25, 0.3) is 0 Å². The van der Waals surface area contributed by atoms with Crippen LogP contribution >= 0.6 is 11.3 Å². The lowest BCUT2D eigenvalue weighted by Gasteiger charge is -2.02. The first kappa shape index (κ1) is 13.0. The average molecular weight is 289 g/mol. The number of hydrogen-bond acceptors (Lipinski definition) is 6. The molecule has 0 amide bonds. The second-order valence-electron chi connectivity index (χ2n) is 3.62. The molecular formula is C9H11N3O4S2. The van der Waals surface area contributed by atoms with E-state index in [4.69, 9.17) is 4.42 Å². The fraction of sp³-hybridized carbons (Fsp3) is 0.333. The van der Waals surface area contributed by atoms with E-state index >= 15 is 0 Å². The fourth-order valence-corrected chi connectivity index (χ4v) is 3.67. The van der Waals surface area contributed by atoms with Crippen molar-refractivity contribution in [3.63, 3.8) is 0 Å². The molecule has 9 heteroatoms. The molecule has 0 aliphatic rings. The van der Waals surface area contributed by atoms with Crippen LogP contribution in [0.2, 0.25) is 0 Å². The number of aryl methyl sites for hydroxylation is 2. The highest BCUT2D eigenvalue weighted by atomic mass is 32.2. The van der Waals surface area contributed by atoms with Crippen LogP contribution in [0.15, 0.2) is 19.6 Å². The molecule has 0 atom stereocenters. The van der Waals surface area contributed by atoms with Crippen LogP contribution in [0, 0.1) is 13.8 Å². The van der Waals surface area contributed by atoms with Crippen molar-refractivity contribution in [3.05, 3.63) is 33.2 Å². The molecule has 7 nitrogen and oxygen atoms in total. The monoisotopic (exact) mass is 289 g/mol. The number of rotatable bonds is 4. The van der Waals surface area contributed by atoms with Gasteiger partial charge in [-0.2, -0.15) is 0 Å². The largest absolute Gasteiger partial charge is 0.445 e. The maximum Gasteiger partial charge on any atom is 0.305 e. The lowest BCUT2D eigenvalue weighted by atomic mass is 10.6. The Hall–Kier alpha value is -1.45. The molecular weight excluding hydrogens is 278 g/mol. The number of thiazole rings is 1. The van der Waals surface area contributed by atoms with Gasteiger partial charge >= 0.3 is 4.87 Å². The molecule has 2 aromatic heterocycles. The van der Waals surface area contributed by atoms with Crippen molar-refractivity contribution < 1.29 is 12.8 Å². The van der Waals surface area contributed by atoms with Gasteiger partial charge in [-0.1, -0.05) is 11.3 Å². The Morgan fingerprint density at radius 1 is 1.50 bits per heavy atom. The molecule has 2 rings (SSSR count). The Balaban J connectivity index is 2.18. The van der Waals surface area contributed by atoms with E-state index in [1.54, 1.807) is 6.92 Å². The molecule has 0 unspecified atom stereocenters. The number of sulfonamides is 1. The minimum atomic E-state index is -3.72. The van der Waals surface area contributed by atoms with Crippen molar-refractivity contribution in [2.75, 3.05) is 0 Å². The first-order valence-electron chi connectivity index (χ1n) is 4.99.